The number of aromatic amines is 1. The van der Waals surface area contributed by atoms with Crippen molar-refractivity contribution in [2.75, 3.05) is 23.9 Å². The minimum atomic E-state index is -0.213. The van der Waals surface area contributed by atoms with Crippen LogP contribution in [0.15, 0.2) is 42.5 Å². The van der Waals surface area contributed by atoms with Crippen molar-refractivity contribution in [3.8, 4) is 0 Å². The third kappa shape index (κ3) is 5.17. The molecule has 0 fully saturated rings. The van der Waals surface area contributed by atoms with Crippen LogP contribution in [0.5, 0.6) is 0 Å². The van der Waals surface area contributed by atoms with E-state index in [1.165, 1.54) is 0 Å². The van der Waals surface area contributed by atoms with Crippen molar-refractivity contribution in [3.63, 3.8) is 0 Å². The van der Waals surface area contributed by atoms with Crippen molar-refractivity contribution in [1.29, 1.82) is 0 Å². The van der Waals surface area contributed by atoms with Crippen LogP contribution in [-0.2, 0) is 4.79 Å². The molecular weight excluding hydrogens is 403 g/mol. The number of H-pyrrole nitrogens is 1. The lowest BCUT2D eigenvalue weighted by Gasteiger charge is -2.16. The van der Waals surface area contributed by atoms with E-state index in [2.05, 4.69) is 26.9 Å². The second-order valence-corrected chi connectivity index (χ2v) is 7.80. The molecule has 0 aliphatic heterocycles. The van der Waals surface area contributed by atoms with Crippen LogP contribution in [0.2, 0.25) is 10.0 Å². The summed E-state index contributed by atoms with van der Waals surface area (Å²) >= 11 is 14.0. The van der Waals surface area contributed by atoms with Crippen molar-refractivity contribution < 1.29 is 4.79 Å². The lowest BCUT2D eigenvalue weighted by molar-refractivity contribution is -0.115. The molecule has 0 bridgehead atoms. The van der Waals surface area contributed by atoms with Gasteiger partial charge in [-0.1, -0.05) is 41.4 Å². The van der Waals surface area contributed by atoms with E-state index in [1.807, 2.05) is 24.3 Å². The first kappa shape index (κ1) is 20.0. The Labute approximate surface area is 172 Å². The van der Waals surface area contributed by atoms with Gasteiger partial charge in [0.25, 0.3) is 0 Å². The van der Waals surface area contributed by atoms with Crippen molar-refractivity contribution in [3.05, 3.63) is 58.3 Å². The van der Waals surface area contributed by atoms with Gasteiger partial charge in [0.15, 0.2) is 0 Å². The molecule has 2 aromatic carbocycles. The molecule has 1 atom stereocenters. The van der Waals surface area contributed by atoms with Gasteiger partial charge in [-0.05, 0) is 42.7 Å². The summed E-state index contributed by atoms with van der Waals surface area (Å²) in [4.78, 5) is 20.4. The van der Waals surface area contributed by atoms with Crippen molar-refractivity contribution in [1.82, 2.24) is 15.3 Å². The van der Waals surface area contributed by atoms with Crippen molar-refractivity contribution >= 4 is 57.6 Å². The molecule has 1 heterocycles. The standard InChI is InChI=1S/C19H20Cl2N4OS/c1-27-10-9-16(19-23-14-7-2-3-8-15(14)24-19)22-11-17(26)25-18-12(20)5-4-6-13(18)21/h2-8,16,22H,9-11H2,1H3,(H,23,24)(H,25,26)/t16-/m1/s1. The van der Waals surface area contributed by atoms with E-state index in [4.69, 9.17) is 23.2 Å². The van der Waals surface area contributed by atoms with E-state index in [-0.39, 0.29) is 18.5 Å². The van der Waals surface area contributed by atoms with E-state index in [1.54, 1.807) is 30.0 Å². The fraction of sp³-hybridized carbons (Fsp3) is 0.263. The molecule has 0 unspecified atom stereocenters. The Hall–Kier alpha value is -1.73. The summed E-state index contributed by atoms with van der Waals surface area (Å²) in [5.41, 5.74) is 2.32. The number of halogens is 2. The van der Waals surface area contributed by atoms with Crippen LogP contribution < -0.4 is 10.6 Å². The van der Waals surface area contributed by atoms with Gasteiger partial charge < -0.3 is 10.3 Å². The van der Waals surface area contributed by atoms with Crippen LogP contribution in [-0.4, -0.2) is 34.4 Å². The molecule has 142 valence electrons. The molecule has 3 N–H and O–H groups in total. The predicted molar refractivity (Wildman–Crippen MR) is 115 cm³/mol. The first-order valence-electron chi connectivity index (χ1n) is 8.49. The highest BCUT2D eigenvalue weighted by molar-refractivity contribution is 7.98. The molecule has 5 nitrogen and oxygen atoms in total. The molecular formula is C19H20Cl2N4OS. The fourth-order valence-corrected chi connectivity index (χ4v) is 3.69. The van der Waals surface area contributed by atoms with Crippen LogP contribution in [0.25, 0.3) is 11.0 Å². The molecule has 0 radical (unpaired) electrons. The number of hydrogen-bond donors (Lipinski definition) is 3. The Morgan fingerprint density at radius 1 is 1.19 bits per heavy atom. The van der Waals surface area contributed by atoms with Gasteiger partial charge in [0, 0.05) is 0 Å². The summed E-state index contributed by atoms with van der Waals surface area (Å²) in [5, 5.41) is 6.87. The Balaban J connectivity index is 1.68. The average molecular weight is 423 g/mol. The number of thioether (sulfide) groups is 1. The maximum Gasteiger partial charge on any atom is 0.238 e. The van der Waals surface area contributed by atoms with Crippen LogP contribution in [0.4, 0.5) is 5.69 Å². The van der Waals surface area contributed by atoms with E-state index in [0.717, 1.165) is 29.0 Å². The number of nitrogens with one attached hydrogen (secondary N) is 3. The molecule has 3 rings (SSSR count). The van der Waals surface area contributed by atoms with E-state index < -0.39 is 0 Å². The molecule has 1 aromatic heterocycles. The summed E-state index contributed by atoms with van der Waals surface area (Å²) in [7, 11) is 0. The number of carbonyl (C=O) groups excluding carboxylic acids is 1. The Bertz CT molecular complexity index is 878. The number of anilines is 1. The van der Waals surface area contributed by atoms with Crippen LogP contribution >= 0.6 is 35.0 Å². The Morgan fingerprint density at radius 2 is 1.93 bits per heavy atom. The van der Waals surface area contributed by atoms with Gasteiger partial charge in [-0.2, -0.15) is 11.8 Å². The number of benzene rings is 2. The maximum absolute atomic E-state index is 12.4. The molecule has 8 heteroatoms. The minimum absolute atomic E-state index is 0.0580. The number of aromatic nitrogens is 2. The Morgan fingerprint density at radius 3 is 2.63 bits per heavy atom. The molecule has 3 aromatic rings. The van der Waals surface area contributed by atoms with Crippen LogP contribution in [0.1, 0.15) is 18.3 Å². The maximum atomic E-state index is 12.4. The summed E-state index contributed by atoms with van der Waals surface area (Å²) in [6.45, 7) is 0.123. The van der Waals surface area contributed by atoms with E-state index in [0.29, 0.717) is 15.7 Å². The lowest BCUT2D eigenvalue weighted by Crippen LogP contribution is -2.32. The molecule has 0 spiro atoms. The van der Waals surface area contributed by atoms with Gasteiger partial charge in [0.1, 0.15) is 5.82 Å². The third-order valence-corrected chi connectivity index (χ3v) is 5.36. The summed E-state index contributed by atoms with van der Waals surface area (Å²) < 4.78 is 0. The van der Waals surface area contributed by atoms with E-state index >= 15 is 0 Å². The summed E-state index contributed by atoms with van der Waals surface area (Å²) in [5.74, 6) is 1.57. The van der Waals surface area contributed by atoms with Crippen LogP contribution in [0, 0.1) is 0 Å². The SMILES string of the molecule is CSCC[C@@H](NCC(=O)Nc1c(Cl)cccc1Cl)c1nc2ccccc2[nH]1. The summed E-state index contributed by atoms with van der Waals surface area (Å²) in [6, 6.07) is 12.9. The monoisotopic (exact) mass is 422 g/mol. The van der Waals surface area contributed by atoms with Gasteiger partial charge in [0.2, 0.25) is 5.91 Å². The van der Waals surface area contributed by atoms with Crippen molar-refractivity contribution in [2.24, 2.45) is 0 Å². The van der Waals surface area contributed by atoms with Gasteiger partial charge in [-0.3, -0.25) is 10.1 Å². The largest absolute Gasteiger partial charge is 0.341 e. The zero-order chi connectivity index (χ0) is 19.2. The first-order chi connectivity index (χ1) is 13.1. The second-order valence-electron chi connectivity index (χ2n) is 6.00. The number of para-hydroxylation sites is 3. The number of hydrogen-bond acceptors (Lipinski definition) is 4. The van der Waals surface area contributed by atoms with Crippen LogP contribution in [0.3, 0.4) is 0 Å². The average Bonchev–Trinajstić information content (AvgIpc) is 3.09. The minimum Gasteiger partial charge on any atom is -0.341 e. The topological polar surface area (TPSA) is 69.8 Å². The number of carbonyl (C=O) groups is 1. The highest BCUT2D eigenvalue weighted by Crippen LogP contribution is 2.29. The normalized spacial score (nSPS) is 12.3. The second kappa shape index (κ2) is 9.46. The zero-order valence-corrected chi connectivity index (χ0v) is 17.1. The van der Waals surface area contributed by atoms with Gasteiger partial charge >= 0.3 is 0 Å². The number of fused-ring (bicyclic) bond motifs is 1. The van der Waals surface area contributed by atoms with Crippen molar-refractivity contribution in [2.45, 2.75) is 12.5 Å². The molecule has 1 amide bonds. The fourth-order valence-electron chi connectivity index (χ4n) is 2.73. The smallest absolute Gasteiger partial charge is 0.238 e. The van der Waals surface area contributed by atoms with Gasteiger partial charge in [0.05, 0.1) is 39.4 Å². The quantitative estimate of drug-likeness (QED) is 0.483. The van der Waals surface area contributed by atoms with Gasteiger partial charge in [-0.15, -0.1) is 0 Å². The molecule has 0 saturated heterocycles. The number of nitrogens with zero attached hydrogens (tertiary/aromatic N) is 1. The number of imidazole rings is 1. The molecule has 0 aliphatic rings. The summed E-state index contributed by atoms with van der Waals surface area (Å²) in [6.07, 6.45) is 2.91. The predicted octanol–water partition coefficient (Wildman–Crippen LogP) is 4.89. The molecule has 0 aliphatic carbocycles. The first-order valence-corrected chi connectivity index (χ1v) is 10.6. The number of rotatable bonds is 8. The van der Waals surface area contributed by atoms with Gasteiger partial charge in [-0.25, -0.2) is 4.98 Å². The lowest BCUT2D eigenvalue weighted by atomic mass is 10.2. The Kier molecular flexibility index (Phi) is 7.01. The third-order valence-electron chi connectivity index (χ3n) is 4.08. The highest BCUT2D eigenvalue weighted by atomic mass is 35.5. The van der Waals surface area contributed by atoms with E-state index in [9.17, 15) is 4.79 Å². The highest BCUT2D eigenvalue weighted by Gasteiger charge is 2.17. The number of amides is 1. The molecule has 27 heavy (non-hydrogen) atoms. The zero-order valence-electron chi connectivity index (χ0n) is 14.8. The molecule has 0 saturated carbocycles.